The molecule has 1 aromatic carbocycles. The lowest BCUT2D eigenvalue weighted by molar-refractivity contribution is -0.141. The number of carbonyl (C=O) groups is 1. The number of hydrogen-bond acceptors (Lipinski definition) is 6. The number of rotatable bonds is 4. The van der Waals surface area contributed by atoms with E-state index in [1.165, 1.54) is 19.2 Å². The second kappa shape index (κ2) is 5.90. The van der Waals surface area contributed by atoms with Gasteiger partial charge in [0.1, 0.15) is 22.9 Å². The van der Waals surface area contributed by atoms with Gasteiger partial charge in [0.05, 0.1) is 24.4 Å². The van der Waals surface area contributed by atoms with Crippen LogP contribution in [0.5, 0.6) is 5.75 Å². The van der Waals surface area contributed by atoms with Crippen molar-refractivity contribution < 1.29 is 22.7 Å². The first-order chi connectivity index (χ1) is 9.87. The average Bonchev–Trinajstić information content (AvgIpc) is 2.37. The van der Waals surface area contributed by atoms with E-state index in [0.29, 0.717) is 0 Å². The Morgan fingerprint density at radius 1 is 1.43 bits per heavy atom. The number of ether oxygens (including phenoxy) is 2. The Balaban J connectivity index is 2.39. The van der Waals surface area contributed by atoms with Crippen molar-refractivity contribution in [1.29, 1.82) is 0 Å². The number of methoxy groups -OCH3 is 1. The third-order valence-electron chi connectivity index (χ3n) is 2.66. The zero-order valence-electron chi connectivity index (χ0n) is 11.3. The molecule has 0 unspecified atom stereocenters. The number of nitrogens with zero attached hydrogens (tertiary/aromatic N) is 1. The third-order valence-corrected chi connectivity index (χ3v) is 4.31. The second-order valence-electron chi connectivity index (χ2n) is 4.10. The van der Waals surface area contributed by atoms with Gasteiger partial charge in [0.25, 0.3) is 10.0 Å². The van der Waals surface area contributed by atoms with Gasteiger partial charge in [-0.15, -0.1) is 4.40 Å². The topological polar surface area (TPSA) is 94.1 Å². The standard InChI is InChI=1S/C12H13ClN2O5S/c1-3-20-12(16)6-11-14-8-4-7(13)9(19-2)5-10(8)21(17,18)15-11/h4-5H,3,6H2,1-2H3,(H,14,15). The minimum Gasteiger partial charge on any atom is -0.495 e. The lowest BCUT2D eigenvalue weighted by Gasteiger charge is -2.19. The number of esters is 1. The van der Waals surface area contributed by atoms with Crippen LogP contribution in [0.2, 0.25) is 5.02 Å². The highest BCUT2D eigenvalue weighted by molar-refractivity contribution is 7.90. The van der Waals surface area contributed by atoms with Crippen molar-refractivity contribution in [1.82, 2.24) is 0 Å². The molecule has 21 heavy (non-hydrogen) atoms. The number of amidine groups is 1. The van der Waals surface area contributed by atoms with E-state index in [1.807, 2.05) is 0 Å². The van der Waals surface area contributed by atoms with E-state index in [9.17, 15) is 13.2 Å². The molecular formula is C12H13ClN2O5S. The van der Waals surface area contributed by atoms with Gasteiger partial charge in [-0.1, -0.05) is 11.6 Å². The predicted octanol–water partition coefficient (Wildman–Crippen LogP) is 1.81. The molecule has 0 spiro atoms. The highest BCUT2D eigenvalue weighted by Crippen LogP contribution is 2.36. The number of carbonyl (C=O) groups excluding carboxylic acids is 1. The summed E-state index contributed by atoms with van der Waals surface area (Å²) >= 11 is 5.97. The van der Waals surface area contributed by atoms with Crippen LogP contribution < -0.4 is 10.1 Å². The fourth-order valence-corrected chi connectivity index (χ4v) is 3.18. The predicted molar refractivity (Wildman–Crippen MR) is 77.5 cm³/mol. The van der Waals surface area contributed by atoms with Crippen molar-refractivity contribution in [2.24, 2.45) is 4.40 Å². The SMILES string of the molecule is CCOC(=O)CC1=NS(=O)(=O)c2cc(OC)c(Cl)cc2N1. The van der Waals surface area contributed by atoms with Crippen LogP contribution >= 0.6 is 11.6 Å². The number of halogens is 1. The van der Waals surface area contributed by atoms with Gasteiger partial charge in [0.2, 0.25) is 0 Å². The van der Waals surface area contributed by atoms with E-state index in [1.54, 1.807) is 6.92 Å². The molecule has 0 aromatic heterocycles. The summed E-state index contributed by atoms with van der Waals surface area (Å²) in [5, 5.41) is 3.01. The van der Waals surface area contributed by atoms with Crippen LogP contribution in [-0.4, -0.2) is 33.9 Å². The molecule has 0 amide bonds. The van der Waals surface area contributed by atoms with E-state index in [0.717, 1.165) is 0 Å². The maximum Gasteiger partial charge on any atom is 0.313 e. The summed E-state index contributed by atoms with van der Waals surface area (Å²) < 4.78 is 37.6. The summed E-state index contributed by atoms with van der Waals surface area (Å²) in [7, 11) is -2.54. The van der Waals surface area contributed by atoms with Gasteiger partial charge in [0.15, 0.2) is 0 Å². The maximum absolute atomic E-state index is 12.1. The molecule has 0 atom stereocenters. The van der Waals surface area contributed by atoms with Crippen LogP contribution in [0.1, 0.15) is 13.3 Å². The number of sulfonamides is 1. The molecule has 1 heterocycles. The zero-order chi connectivity index (χ0) is 15.6. The van der Waals surface area contributed by atoms with Gasteiger partial charge in [-0.2, -0.15) is 8.42 Å². The summed E-state index contributed by atoms with van der Waals surface area (Å²) in [6.07, 6.45) is -0.268. The van der Waals surface area contributed by atoms with E-state index in [2.05, 4.69) is 9.71 Å². The molecule has 1 aliphatic rings. The quantitative estimate of drug-likeness (QED) is 0.845. The van der Waals surface area contributed by atoms with Crippen LogP contribution in [-0.2, 0) is 19.6 Å². The summed E-state index contributed by atoms with van der Waals surface area (Å²) in [4.78, 5) is 11.4. The van der Waals surface area contributed by atoms with Gasteiger partial charge in [-0.25, -0.2) is 0 Å². The first-order valence-corrected chi connectivity index (χ1v) is 7.83. The molecule has 114 valence electrons. The monoisotopic (exact) mass is 332 g/mol. The van der Waals surface area contributed by atoms with Crippen LogP contribution in [0, 0.1) is 0 Å². The van der Waals surface area contributed by atoms with E-state index in [-0.39, 0.29) is 40.2 Å². The molecule has 0 bridgehead atoms. The molecule has 1 N–H and O–H groups in total. The summed E-state index contributed by atoms with van der Waals surface area (Å²) in [6, 6.07) is 2.69. The van der Waals surface area contributed by atoms with Crippen LogP contribution in [0.15, 0.2) is 21.4 Å². The van der Waals surface area contributed by atoms with Gasteiger partial charge in [0, 0.05) is 6.07 Å². The minimum atomic E-state index is -3.92. The zero-order valence-corrected chi connectivity index (χ0v) is 12.9. The summed E-state index contributed by atoms with van der Waals surface area (Å²) in [6.45, 7) is 1.87. The van der Waals surface area contributed by atoms with Crippen molar-refractivity contribution >= 4 is 39.1 Å². The molecular weight excluding hydrogens is 320 g/mol. The second-order valence-corrected chi connectivity index (χ2v) is 6.08. The lowest BCUT2D eigenvalue weighted by atomic mass is 10.2. The molecule has 7 nitrogen and oxygen atoms in total. The van der Waals surface area contributed by atoms with E-state index < -0.39 is 16.0 Å². The van der Waals surface area contributed by atoms with Crippen molar-refractivity contribution in [3.8, 4) is 5.75 Å². The fraction of sp³-hybridized carbons (Fsp3) is 0.333. The van der Waals surface area contributed by atoms with E-state index in [4.69, 9.17) is 21.1 Å². The van der Waals surface area contributed by atoms with Crippen LogP contribution in [0.25, 0.3) is 0 Å². The largest absolute Gasteiger partial charge is 0.495 e. The Kier molecular flexibility index (Phi) is 4.38. The Morgan fingerprint density at radius 3 is 2.76 bits per heavy atom. The first-order valence-electron chi connectivity index (χ1n) is 6.01. The first kappa shape index (κ1) is 15.6. The third kappa shape index (κ3) is 3.27. The van der Waals surface area contributed by atoms with E-state index >= 15 is 0 Å². The number of hydrogen-bond donors (Lipinski definition) is 1. The normalized spacial score (nSPS) is 15.5. The van der Waals surface area contributed by atoms with Crippen molar-refractivity contribution in [2.45, 2.75) is 18.2 Å². The molecule has 0 saturated carbocycles. The fourth-order valence-electron chi connectivity index (χ4n) is 1.80. The average molecular weight is 333 g/mol. The van der Waals surface area contributed by atoms with Crippen molar-refractivity contribution in [3.05, 3.63) is 17.2 Å². The number of benzene rings is 1. The Morgan fingerprint density at radius 2 is 2.14 bits per heavy atom. The summed E-state index contributed by atoms with van der Waals surface area (Å²) in [5.41, 5.74) is 0.245. The lowest BCUT2D eigenvalue weighted by Crippen LogP contribution is -2.25. The van der Waals surface area contributed by atoms with Crippen LogP contribution in [0.3, 0.4) is 0 Å². The van der Waals surface area contributed by atoms with Crippen molar-refractivity contribution in [3.63, 3.8) is 0 Å². The minimum absolute atomic E-state index is 0.0119. The highest BCUT2D eigenvalue weighted by Gasteiger charge is 2.27. The Hall–Kier alpha value is -1.80. The molecule has 0 aliphatic carbocycles. The number of nitrogens with one attached hydrogen (secondary N) is 1. The summed E-state index contributed by atoms with van der Waals surface area (Å²) in [5.74, 6) is -0.353. The van der Waals surface area contributed by atoms with Crippen molar-refractivity contribution in [2.75, 3.05) is 19.0 Å². The highest BCUT2D eigenvalue weighted by atomic mass is 35.5. The molecule has 1 aliphatic heterocycles. The Bertz CT molecular complexity index is 715. The molecule has 2 rings (SSSR count). The van der Waals surface area contributed by atoms with Gasteiger partial charge in [-0.05, 0) is 13.0 Å². The smallest absolute Gasteiger partial charge is 0.313 e. The Labute approximate surface area is 127 Å². The molecule has 0 saturated heterocycles. The van der Waals surface area contributed by atoms with Gasteiger partial charge in [-0.3, -0.25) is 4.79 Å². The maximum atomic E-state index is 12.1. The molecule has 0 fully saturated rings. The molecule has 1 aromatic rings. The van der Waals surface area contributed by atoms with Gasteiger partial charge < -0.3 is 14.8 Å². The molecule has 0 radical (unpaired) electrons. The van der Waals surface area contributed by atoms with Crippen LogP contribution in [0.4, 0.5) is 5.69 Å². The number of anilines is 1. The number of fused-ring (bicyclic) bond motifs is 1. The molecule has 9 heteroatoms. The van der Waals surface area contributed by atoms with Gasteiger partial charge >= 0.3 is 5.97 Å².